The normalized spacial score (nSPS) is 10.9. The van der Waals surface area contributed by atoms with Crippen molar-refractivity contribution in [1.82, 2.24) is 20.4 Å². The molecule has 2 rings (SSSR count). The molecule has 2 N–H and O–H groups in total. The van der Waals surface area contributed by atoms with E-state index in [4.69, 9.17) is 11.6 Å². The number of aromatic nitrogens is 2. The first-order chi connectivity index (χ1) is 11.9. The van der Waals surface area contributed by atoms with Gasteiger partial charge in [-0.1, -0.05) is 24.6 Å². The van der Waals surface area contributed by atoms with Gasteiger partial charge in [0, 0.05) is 29.4 Å². The summed E-state index contributed by atoms with van der Waals surface area (Å²) >= 11 is 6.23. The van der Waals surface area contributed by atoms with Crippen LogP contribution in [0.15, 0.2) is 18.2 Å². The lowest BCUT2D eigenvalue weighted by molar-refractivity contribution is -0.120. The monoisotopic (exact) mass is 362 g/mol. The van der Waals surface area contributed by atoms with Crippen LogP contribution in [0.1, 0.15) is 35.9 Å². The summed E-state index contributed by atoms with van der Waals surface area (Å²) in [5, 5.41) is 11.5. The van der Waals surface area contributed by atoms with Crippen LogP contribution in [-0.4, -0.2) is 35.3 Å². The quantitative estimate of drug-likeness (QED) is 0.709. The molecule has 0 aliphatic heterocycles. The predicted molar refractivity (Wildman–Crippen MR) is 103 cm³/mol. The van der Waals surface area contributed by atoms with Crippen LogP contribution in [0, 0.1) is 20.8 Å². The number of amides is 1. The lowest BCUT2D eigenvalue weighted by atomic mass is 10.1. The topological polar surface area (TPSA) is 58.9 Å². The molecule has 136 valence electrons. The Bertz CT molecular complexity index is 739. The second kappa shape index (κ2) is 9.02. The summed E-state index contributed by atoms with van der Waals surface area (Å²) in [5.74, 6) is 0.0194. The number of carbonyl (C=O) groups is 1. The van der Waals surface area contributed by atoms with Crippen molar-refractivity contribution in [3.8, 4) is 5.69 Å². The summed E-state index contributed by atoms with van der Waals surface area (Å²) in [4.78, 5) is 12.2. The molecule has 25 heavy (non-hydrogen) atoms. The molecule has 2 aromatic rings. The molecular weight excluding hydrogens is 336 g/mol. The Labute approximate surface area is 154 Å². The van der Waals surface area contributed by atoms with Crippen molar-refractivity contribution in [1.29, 1.82) is 0 Å². The van der Waals surface area contributed by atoms with Crippen LogP contribution in [0.5, 0.6) is 0 Å². The summed E-state index contributed by atoms with van der Waals surface area (Å²) in [6.45, 7) is 10.4. The van der Waals surface area contributed by atoms with Gasteiger partial charge in [0.2, 0.25) is 5.91 Å². The standard InChI is InChI=1S/C19H27ClN4O/c1-5-8-21-9-10-22-19(25)12-17-14(3)23-24(15(17)4)16-7-6-13(2)18(20)11-16/h6-7,11,21H,5,8-10,12H2,1-4H3,(H,22,25). The molecule has 0 bridgehead atoms. The first-order valence-corrected chi connectivity index (χ1v) is 9.10. The summed E-state index contributed by atoms with van der Waals surface area (Å²) in [6, 6.07) is 5.87. The van der Waals surface area contributed by atoms with Crippen molar-refractivity contribution in [2.75, 3.05) is 19.6 Å². The van der Waals surface area contributed by atoms with Gasteiger partial charge in [-0.25, -0.2) is 4.68 Å². The molecule has 0 saturated heterocycles. The molecule has 0 aliphatic rings. The lowest BCUT2D eigenvalue weighted by Gasteiger charge is -2.08. The van der Waals surface area contributed by atoms with E-state index in [1.165, 1.54) is 0 Å². The number of hydrogen-bond acceptors (Lipinski definition) is 3. The SMILES string of the molecule is CCCNCCNC(=O)Cc1c(C)nn(-c2ccc(C)c(Cl)c2)c1C. The van der Waals surface area contributed by atoms with Crippen molar-refractivity contribution in [3.05, 3.63) is 45.7 Å². The number of aryl methyl sites for hydroxylation is 2. The van der Waals surface area contributed by atoms with Gasteiger partial charge in [0.15, 0.2) is 0 Å². The third kappa shape index (κ3) is 5.06. The van der Waals surface area contributed by atoms with E-state index in [9.17, 15) is 4.79 Å². The van der Waals surface area contributed by atoms with Gasteiger partial charge in [-0.15, -0.1) is 0 Å². The molecule has 1 heterocycles. The molecule has 0 spiro atoms. The predicted octanol–water partition coefficient (Wildman–Crippen LogP) is 3.11. The summed E-state index contributed by atoms with van der Waals surface area (Å²) < 4.78 is 1.85. The maximum Gasteiger partial charge on any atom is 0.224 e. The fourth-order valence-electron chi connectivity index (χ4n) is 2.71. The van der Waals surface area contributed by atoms with E-state index in [-0.39, 0.29) is 5.91 Å². The zero-order chi connectivity index (χ0) is 18.4. The Hall–Kier alpha value is -1.85. The fourth-order valence-corrected chi connectivity index (χ4v) is 2.89. The van der Waals surface area contributed by atoms with Crippen molar-refractivity contribution >= 4 is 17.5 Å². The van der Waals surface area contributed by atoms with Crippen LogP contribution in [0.3, 0.4) is 0 Å². The van der Waals surface area contributed by atoms with E-state index in [1.807, 2.05) is 43.7 Å². The van der Waals surface area contributed by atoms with Gasteiger partial charge < -0.3 is 10.6 Å². The minimum atomic E-state index is 0.0194. The highest BCUT2D eigenvalue weighted by Crippen LogP contribution is 2.23. The largest absolute Gasteiger partial charge is 0.355 e. The Morgan fingerprint density at radius 2 is 1.96 bits per heavy atom. The van der Waals surface area contributed by atoms with E-state index in [0.29, 0.717) is 18.0 Å². The van der Waals surface area contributed by atoms with Crippen LogP contribution in [0.25, 0.3) is 5.69 Å². The summed E-state index contributed by atoms with van der Waals surface area (Å²) in [5.41, 5.74) is 4.75. The van der Waals surface area contributed by atoms with E-state index in [0.717, 1.165) is 47.7 Å². The summed E-state index contributed by atoms with van der Waals surface area (Å²) in [7, 11) is 0. The van der Waals surface area contributed by atoms with Crippen LogP contribution in [-0.2, 0) is 11.2 Å². The van der Waals surface area contributed by atoms with Crippen molar-refractivity contribution in [2.45, 2.75) is 40.5 Å². The molecule has 0 unspecified atom stereocenters. The molecule has 0 aliphatic carbocycles. The Balaban J connectivity index is 2.06. The van der Waals surface area contributed by atoms with Gasteiger partial charge in [0.05, 0.1) is 17.8 Å². The molecule has 0 fully saturated rings. The highest BCUT2D eigenvalue weighted by atomic mass is 35.5. The first kappa shape index (κ1) is 19.5. The number of halogens is 1. The Morgan fingerprint density at radius 1 is 1.20 bits per heavy atom. The van der Waals surface area contributed by atoms with E-state index >= 15 is 0 Å². The number of nitrogens with one attached hydrogen (secondary N) is 2. The first-order valence-electron chi connectivity index (χ1n) is 8.73. The fraction of sp³-hybridized carbons (Fsp3) is 0.474. The van der Waals surface area contributed by atoms with Crippen LogP contribution >= 0.6 is 11.6 Å². The van der Waals surface area contributed by atoms with Gasteiger partial charge in [0.25, 0.3) is 0 Å². The molecular formula is C19H27ClN4O. The highest BCUT2D eigenvalue weighted by molar-refractivity contribution is 6.31. The molecule has 1 aromatic heterocycles. The maximum atomic E-state index is 12.2. The number of hydrogen-bond donors (Lipinski definition) is 2. The minimum absolute atomic E-state index is 0.0194. The molecule has 5 nitrogen and oxygen atoms in total. The highest BCUT2D eigenvalue weighted by Gasteiger charge is 2.16. The molecule has 6 heteroatoms. The van der Waals surface area contributed by atoms with Gasteiger partial charge in [-0.3, -0.25) is 4.79 Å². The van der Waals surface area contributed by atoms with Gasteiger partial charge in [0.1, 0.15) is 0 Å². The van der Waals surface area contributed by atoms with E-state index in [1.54, 1.807) is 0 Å². The van der Waals surface area contributed by atoms with Crippen molar-refractivity contribution < 1.29 is 4.79 Å². The maximum absolute atomic E-state index is 12.2. The Kier molecular flexibility index (Phi) is 7.02. The third-order valence-corrected chi connectivity index (χ3v) is 4.64. The number of benzene rings is 1. The van der Waals surface area contributed by atoms with Gasteiger partial charge in [-0.05, 0) is 51.4 Å². The average Bonchev–Trinajstić information content (AvgIpc) is 2.85. The van der Waals surface area contributed by atoms with E-state index < -0.39 is 0 Å². The molecule has 0 atom stereocenters. The Morgan fingerprint density at radius 3 is 2.64 bits per heavy atom. The minimum Gasteiger partial charge on any atom is -0.355 e. The van der Waals surface area contributed by atoms with Crippen LogP contribution in [0.4, 0.5) is 0 Å². The number of rotatable bonds is 8. The smallest absolute Gasteiger partial charge is 0.224 e. The number of carbonyl (C=O) groups excluding carboxylic acids is 1. The zero-order valence-corrected chi connectivity index (χ0v) is 16.2. The van der Waals surface area contributed by atoms with Gasteiger partial charge in [-0.2, -0.15) is 5.10 Å². The second-order valence-corrected chi connectivity index (χ2v) is 6.68. The molecule has 0 radical (unpaired) electrons. The second-order valence-electron chi connectivity index (χ2n) is 6.27. The lowest BCUT2D eigenvalue weighted by Crippen LogP contribution is -2.33. The van der Waals surface area contributed by atoms with Crippen molar-refractivity contribution in [2.24, 2.45) is 0 Å². The van der Waals surface area contributed by atoms with Crippen LogP contribution in [0.2, 0.25) is 5.02 Å². The van der Waals surface area contributed by atoms with E-state index in [2.05, 4.69) is 22.7 Å². The molecule has 1 amide bonds. The molecule has 1 aromatic carbocycles. The average molecular weight is 363 g/mol. The number of nitrogens with zero attached hydrogens (tertiary/aromatic N) is 2. The third-order valence-electron chi connectivity index (χ3n) is 4.23. The summed E-state index contributed by atoms with van der Waals surface area (Å²) in [6.07, 6.45) is 1.43. The van der Waals surface area contributed by atoms with Crippen molar-refractivity contribution in [3.63, 3.8) is 0 Å². The van der Waals surface area contributed by atoms with Gasteiger partial charge >= 0.3 is 0 Å². The zero-order valence-electron chi connectivity index (χ0n) is 15.4. The van der Waals surface area contributed by atoms with Crippen LogP contribution < -0.4 is 10.6 Å². The molecule has 0 saturated carbocycles.